The van der Waals surface area contributed by atoms with E-state index >= 15 is 0 Å². The highest BCUT2D eigenvalue weighted by Crippen LogP contribution is 2.21. The van der Waals surface area contributed by atoms with E-state index in [4.69, 9.17) is 5.73 Å². The molecule has 0 spiro atoms. The van der Waals surface area contributed by atoms with Gasteiger partial charge >= 0.3 is 0 Å². The van der Waals surface area contributed by atoms with Crippen molar-refractivity contribution in [1.29, 1.82) is 0 Å². The Kier molecular flexibility index (Phi) is 2.71. The molecule has 0 aliphatic carbocycles. The summed E-state index contributed by atoms with van der Waals surface area (Å²) in [6.45, 7) is 0.630. The minimum atomic E-state index is 0.211. The van der Waals surface area contributed by atoms with E-state index in [9.17, 15) is 0 Å². The largest absolute Gasteiger partial charge is 0.368 e. The Morgan fingerprint density at radius 1 is 1.26 bits per heavy atom. The molecule has 0 unspecified atom stereocenters. The smallest absolute Gasteiger partial charge is 0.224 e. The second-order valence-electron chi connectivity index (χ2n) is 4.18. The Morgan fingerprint density at radius 3 is 2.95 bits per heavy atom. The van der Waals surface area contributed by atoms with E-state index in [1.54, 1.807) is 12.5 Å². The first-order valence-electron chi connectivity index (χ1n) is 5.81. The molecule has 3 N–H and O–H groups in total. The number of nitrogens with zero attached hydrogens (tertiary/aromatic N) is 5. The van der Waals surface area contributed by atoms with Crippen molar-refractivity contribution >= 4 is 22.9 Å². The van der Waals surface area contributed by atoms with Crippen molar-refractivity contribution in [2.75, 3.05) is 17.7 Å². The Balaban J connectivity index is 1.97. The number of rotatable bonds is 3. The van der Waals surface area contributed by atoms with Gasteiger partial charge in [0.2, 0.25) is 5.95 Å². The van der Waals surface area contributed by atoms with Crippen LogP contribution in [0.25, 0.3) is 11.2 Å². The number of anilines is 2. The van der Waals surface area contributed by atoms with Crippen molar-refractivity contribution < 1.29 is 0 Å². The minimum Gasteiger partial charge on any atom is -0.368 e. The highest BCUT2D eigenvalue weighted by Gasteiger charge is 2.13. The summed E-state index contributed by atoms with van der Waals surface area (Å²) >= 11 is 0. The van der Waals surface area contributed by atoms with Crippen LogP contribution in [0.3, 0.4) is 0 Å². The van der Waals surface area contributed by atoms with Crippen LogP contribution in [0.5, 0.6) is 0 Å². The number of nitrogens with one attached hydrogen (secondary N) is 1. The van der Waals surface area contributed by atoms with Crippen LogP contribution >= 0.6 is 0 Å². The van der Waals surface area contributed by atoms with Crippen LogP contribution in [0.4, 0.5) is 11.8 Å². The lowest BCUT2D eigenvalue weighted by molar-refractivity contribution is 0.868. The summed E-state index contributed by atoms with van der Waals surface area (Å²) < 4.78 is 0. The number of imidazole rings is 1. The van der Waals surface area contributed by atoms with Crippen molar-refractivity contribution in [3.63, 3.8) is 0 Å². The molecule has 0 amide bonds. The number of aromatic nitrogens is 5. The van der Waals surface area contributed by atoms with Gasteiger partial charge in [0.1, 0.15) is 5.52 Å². The fourth-order valence-corrected chi connectivity index (χ4v) is 1.92. The summed E-state index contributed by atoms with van der Waals surface area (Å²) in [6.07, 6.45) is 3.35. The number of nitrogen functional groups attached to an aromatic ring is 1. The lowest BCUT2D eigenvalue weighted by Gasteiger charge is -2.18. The van der Waals surface area contributed by atoms with Crippen LogP contribution < -0.4 is 10.6 Å². The summed E-state index contributed by atoms with van der Waals surface area (Å²) in [5, 5.41) is 0. The van der Waals surface area contributed by atoms with Gasteiger partial charge in [0, 0.05) is 13.2 Å². The molecule has 0 atom stereocenters. The normalized spacial score (nSPS) is 10.8. The van der Waals surface area contributed by atoms with Gasteiger partial charge in [-0.2, -0.15) is 9.97 Å². The number of hydrogen-bond acceptors (Lipinski definition) is 6. The molecule has 0 bridgehead atoms. The first kappa shape index (κ1) is 11.4. The van der Waals surface area contributed by atoms with Crippen LogP contribution in [-0.2, 0) is 6.54 Å². The lowest BCUT2D eigenvalue weighted by Crippen LogP contribution is -2.19. The number of aromatic amines is 1. The molecule has 96 valence electrons. The van der Waals surface area contributed by atoms with E-state index in [0.29, 0.717) is 18.0 Å². The fraction of sp³-hybridized carbons (Fsp3) is 0.167. The molecular formula is C12H13N7. The second-order valence-corrected chi connectivity index (χ2v) is 4.18. The average Bonchev–Trinajstić information content (AvgIpc) is 2.86. The fourth-order valence-electron chi connectivity index (χ4n) is 1.92. The zero-order valence-corrected chi connectivity index (χ0v) is 10.4. The maximum Gasteiger partial charge on any atom is 0.224 e. The van der Waals surface area contributed by atoms with Gasteiger partial charge in [-0.1, -0.05) is 6.07 Å². The number of H-pyrrole nitrogens is 1. The molecular weight excluding hydrogens is 242 g/mol. The molecule has 3 aromatic heterocycles. The maximum absolute atomic E-state index is 5.70. The third-order valence-corrected chi connectivity index (χ3v) is 2.77. The van der Waals surface area contributed by atoms with Crippen molar-refractivity contribution in [3.05, 3.63) is 36.4 Å². The molecule has 0 aromatic carbocycles. The summed E-state index contributed by atoms with van der Waals surface area (Å²) in [7, 11) is 1.93. The number of pyridine rings is 1. The van der Waals surface area contributed by atoms with Gasteiger partial charge in [0.25, 0.3) is 0 Å². The standard InChI is InChI=1S/C12H13N7/c1-19(6-8-4-2-3-5-14-8)11-9-10(16-7-15-9)17-12(13)18-11/h2-5,7H,6H2,1H3,(H3,13,15,16,17,18). The quantitative estimate of drug-likeness (QED) is 0.723. The SMILES string of the molecule is CN(Cc1ccccn1)c1nc(N)nc2nc[nH]c12. The Labute approximate surface area is 109 Å². The van der Waals surface area contributed by atoms with E-state index in [-0.39, 0.29) is 5.95 Å². The monoisotopic (exact) mass is 255 g/mol. The average molecular weight is 255 g/mol. The molecule has 19 heavy (non-hydrogen) atoms. The lowest BCUT2D eigenvalue weighted by atomic mass is 10.3. The molecule has 7 nitrogen and oxygen atoms in total. The summed E-state index contributed by atoms with van der Waals surface area (Å²) in [5.74, 6) is 0.924. The van der Waals surface area contributed by atoms with Gasteiger partial charge in [-0.25, -0.2) is 4.98 Å². The van der Waals surface area contributed by atoms with Crippen molar-refractivity contribution in [2.45, 2.75) is 6.54 Å². The first-order chi connectivity index (χ1) is 9.24. The molecule has 3 aromatic rings. The van der Waals surface area contributed by atoms with Gasteiger partial charge < -0.3 is 15.6 Å². The minimum absolute atomic E-state index is 0.211. The molecule has 7 heteroatoms. The summed E-state index contributed by atoms with van der Waals surface area (Å²) in [4.78, 5) is 21.7. The topological polar surface area (TPSA) is 96.6 Å². The van der Waals surface area contributed by atoms with Gasteiger partial charge in [-0.05, 0) is 12.1 Å². The zero-order chi connectivity index (χ0) is 13.2. The Hall–Kier alpha value is -2.70. The van der Waals surface area contributed by atoms with E-state index in [1.165, 1.54) is 0 Å². The highest BCUT2D eigenvalue weighted by atomic mass is 15.2. The number of nitrogens with two attached hydrogens (primary N) is 1. The van der Waals surface area contributed by atoms with E-state index in [1.807, 2.05) is 30.1 Å². The molecule has 3 heterocycles. The third-order valence-electron chi connectivity index (χ3n) is 2.77. The van der Waals surface area contributed by atoms with Gasteiger partial charge in [-0.15, -0.1) is 0 Å². The first-order valence-corrected chi connectivity index (χ1v) is 5.81. The maximum atomic E-state index is 5.70. The third kappa shape index (κ3) is 2.17. The number of hydrogen-bond donors (Lipinski definition) is 2. The van der Waals surface area contributed by atoms with Crippen LogP contribution in [0.15, 0.2) is 30.7 Å². The zero-order valence-electron chi connectivity index (χ0n) is 10.4. The van der Waals surface area contributed by atoms with Crippen LogP contribution in [0.2, 0.25) is 0 Å². The van der Waals surface area contributed by atoms with Crippen molar-refractivity contribution in [2.24, 2.45) is 0 Å². The Bertz CT molecular complexity index is 692. The van der Waals surface area contributed by atoms with Gasteiger partial charge in [0.05, 0.1) is 18.6 Å². The molecule has 0 saturated heterocycles. The van der Waals surface area contributed by atoms with E-state index in [2.05, 4.69) is 24.9 Å². The van der Waals surface area contributed by atoms with Crippen molar-refractivity contribution in [1.82, 2.24) is 24.9 Å². The molecule has 0 aliphatic heterocycles. The summed E-state index contributed by atoms with van der Waals surface area (Å²) in [5.41, 5.74) is 7.99. The van der Waals surface area contributed by atoms with E-state index < -0.39 is 0 Å². The van der Waals surface area contributed by atoms with Crippen LogP contribution in [-0.4, -0.2) is 32.0 Å². The number of fused-ring (bicyclic) bond motifs is 1. The molecule has 3 rings (SSSR count). The van der Waals surface area contributed by atoms with E-state index in [0.717, 1.165) is 11.2 Å². The second kappa shape index (κ2) is 4.52. The Morgan fingerprint density at radius 2 is 2.16 bits per heavy atom. The molecule has 0 saturated carbocycles. The molecule has 0 radical (unpaired) electrons. The highest BCUT2D eigenvalue weighted by molar-refractivity contribution is 5.83. The molecule has 0 fully saturated rings. The van der Waals surface area contributed by atoms with Crippen LogP contribution in [0, 0.1) is 0 Å². The van der Waals surface area contributed by atoms with Crippen molar-refractivity contribution in [3.8, 4) is 0 Å². The molecule has 0 aliphatic rings. The van der Waals surface area contributed by atoms with Gasteiger partial charge in [-0.3, -0.25) is 4.98 Å². The summed E-state index contributed by atoms with van der Waals surface area (Å²) in [6, 6.07) is 5.81. The van der Waals surface area contributed by atoms with Crippen LogP contribution in [0.1, 0.15) is 5.69 Å². The van der Waals surface area contributed by atoms with Gasteiger partial charge in [0.15, 0.2) is 11.5 Å². The predicted molar refractivity (Wildman–Crippen MR) is 72.4 cm³/mol. The predicted octanol–water partition coefficient (Wildman–Crippen LogP) is 0.966.